The fraction of sp³-hybridized carbons (Fsp3) is 0. The van der Waals surface area contributed by atoms with Gasteiger partial charge in [-0.3, -0.25) is 18.2 Å². The summed E-state index contributed by atoms with van der Waals surface area (Å²) in [5.41, 5.74) is 9.82. The number of phenols is 2. The average Bonchev–Trinajstić information content (AvgIpc) is 3.34. The molecular formula is C44H32N12O14S4. The lowest BCUT2D eigenvalue weighted by molar-refractivity contribution is 0.471. The lowest BCUT2D eigenvalue weighted by Gasteiger charge is -2.14. The first-order valence-corrected chi connectivity index (χ1v) is 26.2. The van der Waals surface area contributed by atoms with Crippen LogP contribution in [0.2, 0.25) is 0 Å². The van der Waals surface area contributed by atoms with Crippen LogP contribution in [0.1, 0.15) is 0 Å². The Morgan fingerprint density at radius 3 is 0.784 bits per heavy atom. The van der Waals surface area contributed by atoms with Gasteiger partial charge in [0.05, 0.1) is 56.3 Å². The second-order valence-electron chi connectivity index (χ2n) is 15.2. The van der Waals surface area contributed by atoms with E-state index in [1.54, 1.807) is 36.4 Å². The summed E-state index contributed by atoms with van der Waals surface area (Å²) in [6, 6.07) is 30.3. The zero-order valence-electron chi connectivity index (χ0n) is 36.9. The molecule has 0 aliphatic heterocycles. The number of azo groups is 5. The molecule has 0 unspecified atom stereocenters. The number of nitrogens with two attached hydrogens (primary N) is 2. The van der Waals surface area contributed by atoms with E-state index in [4.69, 9.17) is 11.5 Å². The summed E-state index contributed by atoms with van der Waals surface area (Å²) in [5.74, 6) is -1.91. The Balaban J connectivity index is 1.05. The van der Waals surface area contributed by atoms with Gasteiger partial charge in [-0.15, -0.1) is 20.5 Å². The van der Waals surface area contributed by atoms with E-state index in [2.05, 4.69) is 51.1 Å². The van der Waals surface area contributed by atoms with Gasteiger partial charge < -0.3 is 21.7 Å². The molecule has 8 aromatic rings. The van der Waals surface area contributed by atoms with E-state index in [0.717, 1.165) is 24.3 Å². The van der Waals surface area contributed by atoms with Gasteiger partial charge in [-0.25, -0.2) is 0 Å². The minimum Gasteiger partial charge on any atom is -0.505 e. The molecule has 0 aliphatic rings. The van der Waals surface area contributed by atoms with Crippen LogP contribution in [0.4, 0.5) is 68.2 Å². The van der Waals surface area contributed by atoms with Crippen LogP contribution < -0.4 is 11.5 Å². The molecule has 0 amide bonds. The van der Waals surface area contributed by atoms with Gasteiger partial charge in [0, 0.05) is 0 Å². The molecule has 0 aliphatic carbocycles. The smallest absolute Gasteiger partial charge is 0.296 e. The van der Waals surface area contributed by atoms with Crippen LogP contribution in [0.5, 0.6) is 11.5 Å². The summed E-state index contributed by atoms with van der Waals surface area (Å²) in [6.45, 7) is 0. The van der Waals surface area contributed by atoms with E-state index in [9.17, 15) is 62.1 Å². The van der Waals surface area contributed by atoms with Crippen molar-refractivity contribution in [2.75, 3.05) is 11.5 Å². The fourth-order valence-electron chi connectivity index (χ4n) is 6.92. The molecule has 376 valence electrons. The molecule has 0 spiro atoms. The molecule has 30 heteroatoms. The summed E-state index contributed by atoms with van der Waals surface area (Å²) in [7, 11) is -20.5. The Morgan fingerprint density at radius 2 is 0.527 bits per heavy atom. The van der Waals surface area contributed by atoms with E-state index >= 15 is 0 Å². The normalized spacial score (nSPS) is 13.0. The number of anilines is 2. The van der Waals surface area contributed by atoms with Crippen molar-refractivity contribution in [2.24, 2.45) is 51.1 Å². The molecule has 0 heterocycles. The molecule has 0 bridgehead atoms. The number of benzene rings is 8. The molecule has 0 atom stereocenters. The van der Waals surface area contributed by atoms with Crippen LogP contribution in [-0.4, -0.2) is 62.1 Å². The van der Waals surface area contributed by atoms with Gasteiger partial charge in [-0.1, -0.05) is 36.4 Å². The summed E-state index contributed by atoms with van der Waals surface area (Å²) in [4.78, 5) is -3.77. The maximum Gasteiger partial charge on any atom is 0.296 e. The number of phenolic OH excluding ortho intramolecular Hbond substituents is 2. The highest BCUT2D eigenvalue weighted by atomic mass is 32.2. The van der Waals surface area contributed by atoms with Crippen LogP contribution in [0, 0.1) is 0 Å². The van der Waals surface area contributed by atoms with E-state index in [1.165, 1.54) is 72.8 Å². The first-order valence-electron chi connectivity index (χ1n) is 20.4. The third kappa shape index (κ3) is 11.1. The Morgan fingerprint density at radius 1 is 0.311 bits per heavy atom. The summed E-state index contributed by atoms with van der Waals surface area (Å²) in [5, 5.41) is 60.8. The number of hydrogen-bond donors (Lipinski definition) is 8. The lowest BCUT2D eigenvalue weighted by Crippen LogP contribution is -2.03. The van der Waals surface area contributed by atoms with E-state index in [1.807, 2.05) is 0 Å². The third-order valence-electron chi connectivity index (χ3n) is 10.3. The predicted molar refractivity (Wildman–Crippen MR) is 266 cm³/mol. The number of rotatable bonds is 14. The van der Waals surface area contributed by atoms with Crippen molar-refractivity contribution < 1.29 is 62.1 Å². The molecular weight excluding hydrogens is 1050 g/mol. The Hall–Kier alpha value is -8.88. The SMILES string of the molecule is Nc1c(N=Nc2ccccc2)c(S(=O)(=O)O)cc2cc(S(=O)(=O)O)c(N=Nc3ccc(N=Nc4ccc(N=Nc5c(S(=O)(=O)O)cc6cc(S(=O)(=O)O)c(N=Nc7ccccc7)c(N)c6c5O)cc4)cc3)c(O)c12. The van der Waals surface area contributed by atoms with Crippen molar-refractivity contribution >= 4 is 130 Å². The van der Waals surface area contributed by atoms with E-state index < -0.39 is 106 Å². The van der Waals surface area contributed by atoms with Crippen molar-refractivity contribution in [3.05, 3.63) is 133 Å². The topological polar surface area (TPSA) is 434 Å². The number of aromatic hydroxyl groups is 2. The average molecular weight is 1080 g/mol. The third-order valence-corrected chi connectivity index (χ3v) is 13.8. The molecule has 74 heavy (non-hydrogen) atoms. The summed E-state index contributed by atoms with van der Waals surface area (Å²) < 4.78 is 140. The summed E-state index contributed by atoms with van der Waals surface area (Å²) >= 11 is 0. The molecule has 10 N–H and O–H groups in total. The molecule has 8 rings (SSSR count). The van der Waals surface area contributed by atoms with Crippen LogP contribution in [-0.2, 0) is 40.5 Å². The minimum atomic E-state index is -5.18. The quantitative estimate of drug-likeness (QED) is 0.0285. The number of hydrogen-bond acceptors (Lipinski definition) is 22. The highest BCUT2D eigenvalue weighted by molar-refractivity contribution is 7.86. The largest absolute Gasteiger partial charge is 0.505 e. The van der Waals surface area contributed by atoms with Crippen molar-refractivity contribution in [1.82, 2.24) is 0 Å². The maximum absolute atomic E-state index is 12.5. The highest BCUT2D eigenvalue weighted by Crippen LogP contribution is 2.50. The van der Waals surface area contributed by atoms with Gasteiger partial charge in [0.2, 0.25) is 0 Å². The molecule has 0 fully saturated rings. The second-order valence-corrected chi connectivity index (χ2v) is 20.8. The zero-order valence-corrected chi connectivity index (χ0v) is 40.2. The molecule has 0 saturated carbocycles. The monoisotopic (exact) mass is 1080 g/mol. The molecule has 8 aromatic carbocycles. The second kappa shape index (κ2) is 20.0. The van der Waals surface area contributed by atoms with Gasteiger partial charge in [0.1, 0.15) is 42.3 Å². The van der Waals surface area contributed by atoms with Gasteiger partial charge in [0.15, 0.2) is 11.5 Å². The van der Waals surface area contributed by atoms with Crippen molar-refractivity contribution in [2.45, 2.75) is 19.6 Å². The Kier molecular flexibility index (Phi) is 13.9. The van der Waals surface area contributed by atoms with Gasteiger partial charge in [-0.05, 0) is 108 Å². The predicted octanol–water partition coefficient (Wildman–Crippen LogP) is 11.6. The van der Waals surface area contributed by atoms with E-state index in [0.29, 0.717) is 0 Å². The van der Waals surface area contributed by atoms with Gasteiger partial charge in [0.25, 0.3) is 40.5 Å². The van der Waals surface area contributed by atoms with Gasteiger partial charge in [-0.2, -0.15) is 64.4 Å². The van der Waals surface area contributed by atoms with Crippen LogP contribution in [0.15, 0.2) is 204 Å². The van der Waals surface area contributed by atoms with E-state index in [-0.39, 0.29) is 55.7 Å². The van der Waals surface area contributed by atoms with Crippen LogP contribution >= 0.6 is 0 Å². The summed E-state index contributed by atoms with van der Waals surface area (Å²) in [6.07, 6.45) is 0. The fourth-order valence-corrected chi connectivity index (χ4v) is 9.57. The first kappa shape index (κ1) is 51.5. The Bertz CT molecular complexity index is 3940. The van der Waals surface area contributed by atoms with Crippen LogP contribution in [0.3, 0.4) is 0 Å². The first-order chi connectivity index (χ1) is 34.9. The molecule has 0 saturated heterocycles. The molecule has 0 aromatic heterocycles. The van der Waals surface area contributed by atoms with Gasteiger partial charge >= 0.3 is 0 Å². The minimum absolute atomic E-state index is 0.0700. The standard InChI is InChI=1S/C44H32N12O14S4/c45-37-35-23(19-31(71(59,60)61)39(37)53-49-25-7-3-1-4-8-25)21-33(73(65,66)67)41(43(35)57)55-51-29-15-11-27(12-16-29)47-48-28-13-17-30(18-14-28)52-56-42-34(74(68,69)70)22-24-20-32(72(62,63)64)40(38(46)36(24)44(42)58)54-50-26-9-5-2-6-10-26/h1-22,57-58H,45-46H2,(H,59,60,61)(H,62,63,64)(H,65,66,67)(H,68,69,70). The van der Waals surface area contributed by atoms with Crippen LogP contribution in [0.25, 0.3) is 21.5 Å². The Labute approximate surface area is 417 Å². The van der Waals surface area contributed by atoms with Crippen molar-refractivity contribution in [3.63, 3.8) is 0 Å². The van der Waals surface area contributed by atoms with Crippen molar-refractivity contribution in [1.29, 1.82) is 0 Å². The molecule has 0 radical (unpaired) electrons. The highest BCUT2D eigenvalue weighted by Gasteiger charge is 2.30. The number of nitrogen functional groups attached to an aromatic ring is 2. The lowest BCUT2D eigenvalue weighted by atomic mass is 10.1. The number of fused-ring (bicyclic) bond motifs is 2. The zero-order chi connectivity index (χ0) is 53.3. The maximum atomic E-state index is 12.5. The van der Waals surface area contributed by atoms with Crippen molar-refractivity contribution in [3.8, 4) is 11.5 Å². The number of nitrogens with zero attached hydrogens (tertiary/aromatic N) is 10. The molecule has 26 nitrogen and oxygen atoms in total.